The summed E-state index contributed by atoms with van der Waals surface area (Å²) >= 11 is 0. The molecule has 0 radical (unpaired) electrons. The Hall–Kier alpha value is -0.120. The molecule has 2 N–H and O–H groups in total. The Bertz CT molecular complexity index is 335. The van der Waals surface area contributed by atoms with Crippen molar-refractivity contribution in [2.45, 2.75) is 33.6 Å². The lowest BCUT2D eigenvalue weighted by atomic mass is 10.1. The van der Waals surface area contributed by atoms with Gasteiger partial charge in [0.2, 0.25) is 0 Å². The fourth-order valence-electron chi connectivity index (χ4n) is 2.80. The van der Waals surface area contributed by atoms with Gasteiger partial charge in [0.05, 0.1) is 0 Å². The zero-order chi connectivity index (χ0) is 17.6. The average molecular weight is 469 g/mol. The maximum Gasteiger partial charge on any atom is 0.191 e. The molecule has 0 saturated carbocycles. The van der Waals surface area contributed by atoms with Crippen molar-refractivity contribution in [3.63, 3.8) is 0 Å². The molecule has 1 heterocycles. The number of unbranched alkanes of at least 4 members (excludes halogenated alkanes) is 1. The Morgan fingerprint density at radius 1 is 1.12 bits per heavy atom. The molecular weight excluding hydrogens is 429 g/mol. The predicted molar refractivity (Wildman–Crippen MR) is 118 cm³/mol. The van der Waals surface area contributed by atoms with Crippen molar-refractivity contribution in [2.75, 3.05) is 72.6 Å². The smallest absolute Gasteiger partial charge is 0.191 e. The Kier molecular flexibility index (Phi) is 16.0. The first kappa shape index (κ1) is 24.9. The lowest BCUT2D eigenvalue weighted by Crippen LogP contribution is -2.46. The molecule has 0 aromatic heterocycles. The van der Waals surface area contributed by atoms with E-state index >= 15 is 0 Å². The number of nitrogens with one attached hydrogen (secondary N) is 2. The molecule has 1 aliphatic rings. The van der Waals surface area contributed by atoms with Crippen LogP contribution in [-0.2, 0) is 4.74 Å². The van der Waals surface area contributed by atoms with Gasteiger partial charge in [0.1, 0.15) is 0 Å². The number of hydrogen-bond acceptors (Lipinski definition) is 4. The number of ether oxygens (including phenoxy) is 1. The van der Waals surface area contributed by atoms with Gasteiger partial charge in [0.25, 0.3) is 0 Å². The molecule has 0 amide bonds. The quantitative estimate of drug-likeness (QED) is 0.210. The second kappa shape index (κ2) is 16.1. The summed E-state index contributed by atoms with van der Waals surface area (Å²) in [6.07, 6.45) is 2.21. The molecule has 150 valence electrons. The first-order valence-corrected chi connectivity index (χ1v) is 9.66. The highest BCUT2D eigenvalue weighted by atomic mass is 127. The van der Waals surface area contributed by atoms with Crippen molar-refractivity contribution in [1.29, 1.82) is 0 Å². The molecule has 1 unspecified atom stereocenters. The van der Waals surface area contributed by atoms with Gasteiger partial charge in [0.15, 0.2) is 5.96 Å². The summed E-state index contributed by atoms with van der Waals surface area (Å²) in [6, 6.07) is 0. The van der Waals surface area contributed by atoms with Crippen LogP contribution in [0.3, 0.4) is 0 Å². The molecule has 1 saturated heterocycles. The lowest BCUT2D eigenvalue weighted by molar-refractivity contribution is 0.140. The van der Waals surface area contributed by atoms with Crippen LogP contribution in [0.5, 0.6) is 0 Å². The van der Waals surface area contributed by atoms with E-state index in [2.05, 4.69) is 41.3 Å². The third kappa shape index (κ3) is 12.8. The van der Waals surface area contributed by atoms with Gasteiger partial charge < -0.3 is 25.2 Å². The SMILES string of the molecule is CCNC(=NCC(C)CN1CCN(C)CC1)NCCCCOCC.I. The Balaban J connectivity index is 0.00000576. The molecule has 0 spiro atoms. The van der Waals surface area contributed by atoms with Crippen LogP contribution in [-0.4, -0.2) is 88.4 Å². The second-order valence-electron chi connectivity index (χ2n) is 6.76. The zero-order valence-electron chi connectivity index (χ0n) is 16.7. The van der Waals surface area contributed by atoms with Crippen LogP contribution in [0, 0.1) is 5.92 Å². The molecule has 25 heavy (non-hydrogen) atoms. The van der Waals surface area contributed by atoms with Crippen LogP contribution < -0.4 is 10.6 Å². The maximum atomic E-state index is 5.36. The highest BCUT2D eigenvalue weighted by Gasteiger charge is 2.15. The van der Waals surface area contributed by atoms with Crippen molar-refractivity contribution >= 4 is 29.9 Å². The van der Waals surface area contributed by atoms with E-state index in [-0.39, 0.29) is 24.0 Å². The van der Waals surface area contributed by atoms with Gasteiger partial charge in [-0.15, -0.1) is 24.0 Å². The number of piperazine rings is 1. The minimum absolute atomic E-state index is 0. The fourth-order valence-corrected chi connectivity index (χ4v) is 2.80. The summed E-state index contributed by atoms with van der Waals surface area (Å²) in [5.74, 6) is 1.53. The van der Waals surface area contributed by atoms with Crippen LogP contribution in [0.15, 0.2) is 4.99 Å². The Morgan fingerprint density at radius 2 is 1.84 bits per heavy atom. The average Bonchev–Trinajstić information content (AvgIpc) is 2.57. The maximum absolute atomic E-state index is 5.36. The predicted octanol–water partition coefficient (Wildman–Crippen LogP) is 1.86. The number of likely N-dealkylation sites (N-methyl/N-ethyl adjacent to an activating group) is 1. The molecule has 1 fully saturated rings. The van der Waals surface area contributed by atoms with Gasteiger partial charge in [-0.05, 0) is 39.7 Å². The summed E-state index contributed by atoms with van der Waals surface area (Å²) in [5, 5.41) is 6.76. The summed E-state index contributed by atoms with van der Waals surface area (Å²) in [5.41, 5.74) is 0. The van der Waals surface area contributed by atoms with E-state index in [1.165, 1.54) is 26.2 Å². The Labute approximate surface area is 172 Å². The standard InChI is InChI=1S/C18H39N5O.HI/c1-5-19-18(20-9-7-8-14-24-6-2)21-15-17(3)16-23-12-10-22(4)11-13-23;/h17H,5-16H2,1-4H3,(H2,19,20,21);1H. The van der Waals surface area contributed by atoms with Gasteiger partial charge in [-0.3, -0.25) is 4.99 Å². The van der Waals surface area contributed by atoms with Gasteiger partial charge >= 0.3 is 0 Å². The third-order valence-electron chi connectivity index (χ3n) is 4.28. The minimum atomic E-state index is 0. The number of halogens is 1. The molecule has 7 heteroatoms. The van der Waals surface area contributed by atoms with Gasteiger partial charge in [-0.1, -0.05) is 6.92 Å². The largest absolute Gasteiger partial charge is 0.382 e. The number of nitrogens with zero attached hydrogens (tertiary/aromatic N) is 3. The third-order valence-corrected chi connectivity index (χ3v) is 4.28. The summed E-state index contributed by atoms with van der Waals surface area (Å²) in [4.78, 5) is 9.72. The normalized spacial score (nSPS) is 17.8. The molecule has 1 atom stereocenters. The van der Waals surface area contributed by atoms with Crippen molar-refractivity contribution < 1.29 is 4.74 Å². The van der Waals surface area contributed by atoms with E-state index in [0.29, 0.717) is 5.92 Å². The van der Waals surface area contributed by atoms with Crippen LogP contribution in [0.2, 0.25) is 0 Å². The number of hydrogen-bond donors (Lipinski definition) is 2. The zero-order valence-corrected chi connectivity index (χ0v) is 19.1. The van der Waals surface area contributed by atoms with E-state index in [4.69, 9.17) is 9.73 Å². The van der Waals surface area contributed by atoms with Crippen LogP contribution in [0.25, 0.3) is 0 Å². The molecule has 1 aliphatic heterocycles. The van der Waals surface area contributed by atoms with Crippen LogP contribution in [0.1, 0.15) is 33.6 Å². The first-order valence-electron chi connectivity index (χ1n) is 9.66. The van der Waals surface area contributed by atoms with Crippen LogP contribution >= 0.6 is 24.0 Å². The van der Waals surface area contributed by atoms with Gasteiger partial charge in [-0.25, -0.2) is 0 Å². The summed E-state index contributed by atoms with van der Waals surface area (Å²) in [6.45, 7) is 16.7. The molecular formula is C18H40IN5O. The first-order chi connectivity index (χ1) is 11.7. The number of guanidine groups is 1. The van der Waals surface area contributed by atoms with E-state index < -0.39 is 0 Å². The van der Waals surface area contributed by atoms with Crippen molar-refractivity contribution in [3.05, 3.63) is 0 Å². The number of rotatable bonds is 11. The fraction of sp³-hybridized carbons (Fsp3) is 0.944. The van der Waals surface area contributed by atoms with Gasteiger partial charge in [0, 0.05) is 65.6 Å². The van der Waals surface area contributed by atoms with Crippen LogP contribution in [0.4, 0.5) is 0 Å². The topological polar surface area (TPSA) is 52.1 Å². The molecule has 0 aromatic carbocycles. The van der Waals surface area contributed by atoms with E-state index in [1.54, 1.807) is 0 Å². The molecule has 0 aliphatic carbocycles. The highest BCUT2D eigenvalue weighted by Crippen LogP contribution is 2.05. The molecule has 0 aromatic rings. The van der Waals surface area contributed by atoms with E-state index in [1.807, 2.05) is 6.92 Å². The lowest BCUT2D eigenvalue weighted by Gasteiger charge is -2.33. The monoisotopic (exact) mass is 469 g/mol. The summed E-state index contributed by atoms with van der Waals surface area (Å²) < 4.78 is 5.36. The number of aliphatic imine (C=N–C) groups is 1. The Morgan fingerprint density at radius 3 is 2.48 bits per heavy atom. The molecule has 1 rings (SSSR count). The second-order valence-corrected chi connectivity index (χ2v) is 6.76. The molecule has 0 bridgehead atoms. The van der Waals surface area contributed by atoms with Crippen molar-refractivity contribution in [2.24, 2.45) is 10.9 Å². The van der Waals surface area contributed by atoms with E-state index in [0.717, 1.165) is 58.2 Å². The summed E-state index contributed by atoms with van der Waals surface area (Å²) in [7, 11) is 2.20. The van der Waals surface area contributed by atoms with Crippen molar-refractivity contribution in [1.82, 2.24) is 20.4 Å². The highest BCUT2D eigenvalue weighted by molar-refractivity contribution is 14.0. The molecule has 6 nitrogen and oxygen atoms in total. The van der Waals surface area contributed by atoms with E-state index in [9.17, 15) is 0 Å². The van der Waals surface area contributed by atoms with Crippen molar-refractivity contribution in [3.8, 4) is 0 Å². The van der Waals surface area contributed by atoms with Gasteiger partial charge in [-0.2, -0.15) is 0 Å². The minimum Gasteiger partial charge on any atom is -0.382 e.